The van der Waals surface area contributed by atoms with Crippen molar-refractivity contribution in [3.63, 3.8) is 0 Å². The molecule has 6 nitrogen and oxygen atoms in total. The zero-order valence-corrected chi connectivity index (χ0v) is 13.2. The van der Waals surface area contributed by atoms with Crippen molar-refractivity contribution in [3.8, 4) is 11.4 Å². The number of nitrogens with zero attached hydrogens (tertiary/aromatic N) is 3. The molecule has 2 aromatic carbocycles. The summed E-state index contributed by atoms with van der Waals surface area (Å²) >= 11 is 0. The van der Waals surface area contributed by atoms with E-state index in [0.717, 1.165) is 5.52 Å². The lowest BCUT2D eigenvalue weighted by Crippen LogP contribution is -2.23. The van der Waals surface area contributed by atoms with Crippen molar-refractivity contribution in [2.24, 2.45) is 0 Å². The molecule has 1 aromatic heterocycles. The summed E-state index contributed by atoms with van der Waals surface area (Å²) in [5.74, 6) is -0.315. The Morgan fingerprint density at radius 3 is 2.79 bits per heavy atom. The Balaban J connectivity index is 1.98. The third kappa shape index (κ3) is 2.91. The molecule has 1 atom stereocenters. The molecule has 3 aromatic rings. The number of hydrogen-bond acceptors (Lipinski definition) is 5. The zero-order chi connectivity index (χ0) is 17.3. The third-order valence-corrected chi connectivity index (χ3v) is 3.77. The van der Waals surface area contributed by atoms with Gasteiger partial charge < -0.3 is 10.2 Å². The summed E-state index contributed by atoms with van der Waals surface area (Å²) < 4.78 is 1.52. The van der Waals surface area contributed by atoms with E-state index >= 15 is 0 Å². The lowest BCUT2D eigenvalue weighted by molar-refractivity contribution is -0.124. The van der Waals surface area contributed by atoms with E-state index in [2.05, 4.69) is 16.9 Å². The SMILES string of the molecule is C=C(C)C(O)C(=O)Cc1ccc(O)c(-n2nnc3ccccc32)c1. The Morgan fingerprint density at radius 2 is 2.04 bits per heavy atom. The molecule has 0 aliphatic carbocycles. The van der Waals surface area contributed by atoms with E-state index < -0.39 is 6.10 Å². The van der Waals surface area contributed by atoms with E-state index in [1.807, 2.05) is 24.3 Å². The number of aromatic hydroxyl groups is 1. The van der Waals surface area contributed by atoms with Crippen LogP contribution in [0.15, 0.2) is 54.6 Å². The summed E-state index contributed by atoms with van der Waals surface area (Å²) in [6.07, 6.45) is -1.15. The molecule has 1 heterocycles. The van der Waals surface area contributed by atoms with Crippen molar-refractivity contribution in [2.75, 3.05) is 0 Å². The molecule has 0 fully saturated rings. The van der Waals surface area contributed by atoms with Gasteiger partial charge in [-0.15, -0.1) is 5.10 Å². The maximum absolute atomic E-state index is 12.0. The quantitative estimate of drug-likeness (QED) is 0.703. The number of hydrogen-bond donors (Lipinski definition) is 2. The van der Waals surface area contributed by atoms with E-state index in [-0.39, 0.29) is 18.0 Å². The number of aliphatic hydroxyl groups excluding tert-OH is 1. The largest absolute Gasteiger partial charge is 0.506 e. The van der Waals surface area contributed by atoms with Gasteiger partial charge in [0.2, 0.25) is 0 Å². The van der Waals surface area contributed by atoms with Gasteiger partial charge in [-0.25, -0.2) is 4.68 Å². The van der Waals surface area contributed by atoms with Gasteiger partial charge in [-0.1, -0.05) is 30.0 Å². The Kier molecular flexibility index (Phi) is 4.14. The van der Waals surface area contributed by atoms with Gasteiger partial charge >= 0.3 is 0 Å². The van der Waals surface area contributed by atoms with Gasteiger partial charge in [0.25, 0.3) is 0 Å². The number of aliphatic hydroxyl groups is 1. The zero-order valence-electron chi connectivity index (χ0n) is 13.2. The minimum atomic E-state index is -1.19. The van der Waals surface area contributed by atoms with Crippen LogP contribution >= 0.6 is 0 Å². The predicted octanol–water partition coefficient (Wildman–Crippen LogP) is 2.17. The highest BCUT2D eigenvalue weighted by Crippen LogP contribution is 2.26. The topological polar surface area (TPSA) is 88.2 Å². The van der Waals surface area contributed by atoms with Crippen LogP contribution in [0, 0.1) is 0 Å². The highest BCUT2D eigenvalue weighted by molar-refractivity contribution is 5.87. The summed E-state index contributed by atoms with van der Waals surface area (Å²) in [4.78, 5) is 12.0. The van der Waals surface area contributed by atoms with Crippen molar-refractivity contribution in [1.29, 1.82) is 0 Å². The minimum absolute atomic E-state index is 0.0299. The molecular formula is C18H17N3O3. The number of benzene rings is 2. The molecule has 0 amide bonds. The number of aromatic nitrogens is 3. The van der Waals surface area contributed by atoms with Gasteiger partial charge in [-0.05, 0) is 42.3 Å². The number of phenols is 1. The second-order valence-corrected chi connectivity index (χ2v) is 5.71. The fourth-order valence-electron chi connectivity index (χ4n) is 2.47. The Bertz CT molecular complexity index is 930. The van der Waals surface area contributed by atoms with Crippen LogP contribution in [-0.4, -0.2) is 37.1 Å². The molecule has 0 aliphatic heterocycles. The van der Waals surface area contributed by atoms with Crippen molar-refractivity contribution < 1.29 is 15.0 Å². The molecule has 122 valence electrons. The molecule has 0 spiro atoms. The first-order valence-electron chi connectivity index (χ1n) is 7.46. The van der Waals surface area contributed by atoms with Crippen LogP contribution in [0.4, 0.5) is 0 Å². The Labute approximate surface area is 138 Å². The molecule has 0 bridgehead atoms. The van der Waals surface area contributed by atoms with Gasteiger partial charge in [0.1, 0.15) is 23.1 Å². The number of Topliss-reactive ketones (excluding diaryl/α,β-unsaturated/α-hetero) is 1. The average molecular weight is 323 g/mol. The standard InChI is InChI=1S/C18H17N3O3/c1-11(2)18(24)17(23)10-12-7-8-16(22)15(9-12)21-14-6-4-3-5-13(14)19-20-21/h3-9,18,22,24H,1,10H2,2H3. The third-order valence-electron chi connectivity index (χ3n) is 3.77. The first kappa shape index (κ1) is 15.9. The van der Waals surface area contributed by atoms with Gasteiger partial charge in [0, 0.05) is 6.42 Å². The van der Waals surface area contributed by atoms with Crippen molar-refractivity contribution in [1.82, 2.24) is 15.0 Å². The molecule has 0 radical (unpaired) electrons. The van der Waals surface area contributed by atoms with Gasteiger partial charge in [0.15, 0.2) is 5.78 Å². The maximum atomic E-state index is 12.0. The van der Waals surface area contributed by atoms with E-state index in [4.69, 9.17) is 0 Å². The molecule has 6 heteroatoms. The number of fused-ring (bicyclic) bond motifs is 1. The van der Waals surface area contributed by atoms with Gasteiger partial charge in [0.05, 0.1) is 5.52 Å². The molecule has 24 heavy (non-hydrogen) atoms. The fraction of sp³-hybridized carbons (Fsp3) is 0.167. The molecule has 0 saturated carbocycles. The Morgan fingerprint density at radius 1 is 1.29 bits per heavy atom. The fourth-order valence-corrected chi connectivity index (χ4v) is 2.47. The van der Waals surface area contributed by atoms with Crippen LogP contribution in [-0.2, 0) is 11.2 Å². The first-order chi connectivity index (χ1) is 11.5. The smallest absolute Gasteiger partial charge is 0.169 e. The minimum Gasteiger partial charge on any atom is -0.506 e. The predicted molar refractivity (Wildman–Crippen MR) is 90.1 cm³/mol. The first-order valence-corrected chi connectivity index (χ1v) is 7.46. The van der Waals surface area contributed by atoms with Crippen molar-refractivity contribution in [2.45, 2.75) is 19.4 Å². The average Bonchev–Trinajstić information content (AvgIpc) is 2.99. The number of rotatable bonds is 5. The van der Waals surface area contributed by atoms with Crippen LogP contribution in [0.5, 0.6) is 5.75 Å². The van der Waals surface area contributed by atoms with Crippen LogP contribution in [0.1, 0.15) is 12.5 Å². The second kappa shape index (κ2) is 6.25. The lowest BCUT2D eigenvalue weighted by Gasteiger charge is -2.11. The molecule has 2 N–H and O–H groups in total. The summed E-state index contributed by atoms with van der Waals surface area (Å²) in [5, 5.41) is 28.1. The van der Waals surface area contributed by atoms with E-state index in [1.54, 1.807) is 19.1 Å². The second-order valence-electron chi connectivity index (χ2n) is 5.71. The molecule has 0 saturated heterocycles. The molecular weight excluding hydrogens is 306 g/mol. The number of carbonyl (C=O) groups excluding carboxylic acids is 1. The van der Waals surface area contributed by atoms with Crippen LogP contribution in [0.25, 0.3) is 16.7 Å². The number of para-hydroxylation sites is 1. The highest BCUT2D eigenvalue weighted by Gasteiger charge is 2.17. The summed E-state index contributed by atoms with van der Waals surface area (Å²) in [6.45, 7) is 5.19. The maximum Gasteiger partial charge on any atom is 0.169 e. The van der Waals surface area contributed by atoms with Crippen molar-refractivity contribution in [3.05, 3.63) is 60.2 Å². The molecule has 3 rings (SSSR count). The number of carbonyl (C=O) groups is 1. The summed E-state index contributed by atoms with van der Waals surface area (Å²) in [6, 6.07) is 12.2. The lowest BCUT2D eigenvalue weighted by atomic mass is 10.0. The van der Waals surface area contributed by atoms with E-state index in [0.29, 0.717) is 22.3 Å². The van der Waals surface area contributed by atoms with Gasteiger partial charge in [-0.2, -0.15) is 0 Å². The van der Waals surface area contributed by atoms with Crippen LogP contribution in [0.3, 0.4) is 0 Å². The van der Waals surface area contributed by atoms with Crippen LogP contribution in [0.2, 0.25) is 0 Å². The monoisotopic (exact) mass is 323 g/mol. The number of ketones is 1. The van der Waals surface area contributed by atoms with Gasteiger partial charge in [-0.3, -0.25) is 4.79 Å². The Hall–Kier alpha value is -2.99. The molecule has 1 unspecified atom stereocenters. The van der Waals surface area contributed by atoms with Crippen molar-refractivity contribution >= 4 is 16.8 Å². The number of phenolic OH excluding ortho intramolecular Hbond substituents is 1. The summed E-state index contributed by atoms with van der Waals surface area (Å²) in [5.41, 5.74) is 2.95. The van der Waals surface area contributed by atoms with E-state index in [9.17, 15) is 15.0 Å². The van der Waals surface area contributed by atoms with Crippen LogP contribution < -0.4 is 0 Å². The highest BCUT2D eigenvalue weighted by atomic mass is 16.3. The van der Waals surface area contributed by atoms with E-state index in [1.165, 1.54) is 10.7 Å². The summed E-state index contributed by atoms with van der Waals surface area (Å²) in [7, 11) is 0. The molecule has 0 aliphatic rings. The normalized spacial score (nSPS) is 12.2.